The minimum absolute atomic E-state index is 0.185. The zero-order valence-electron chi connectivity index (χ0n) is 10.2. The van der Waals surface area contributed by atoms with Crippen LogP contribution in [0.4, 0.5) is 5.69 Å². The highest BCUT2D eigenvalue weighted by Gasteiger charge is 2.23. The van der Waals surface area contributed by atoms with Crippen molar-refractivity contribution in [2.45, 2.75) is 38.5 Å². The lowest BCUT2D eigenvalue weighted by atomic mass is 9.85. The Balaban J connectivity index is 2.34. The fraction of sp³-hybridized carbons (Fsp3) is 0.500. The second-order valence-electron chi connectivity index (χ2n) is 5.49. The highest BCUT2D eigenvalue weighted by atomic mass is 14.9. The van der Waals surface area contributed by atoms with Gasteiger partial charge in [-0.1, -0.05) is 32.9 Å². The Morgan fingerprint density at radius 3 is 2.81 bits per heavy atom. The zero-order chi connectivity index (χ0) is 11.8. The van der Waals surface area contributed by atoms with Crippen LogP contribution in [-0.4, -0.2) is 6.54 Å². The summed E-state index contributed by atoms with van der Waals surface area (Å²) in [6.07, 6.45) is 0.606. The first-order valence-corrected chi connectivity index (χ1v) is 5.77. The Bertz CT molecular complexity index is 435. The first-order chi connectivity index (χ1) is 7.52. The van der Waals surface area contributed by atoms with E-state index in [9.17, 15) is 0 Å². The van der Waals surface area contributed by atoms with Crippen LogP contribution in [-0.2, 0) is 5.41 Å². The van der Waals surface area contributed by atoms with Gasteiger partial charge in [0.25, 0.3) is 0 Å². The lowest BCUT2D eigenvalue weighted by molar-refractivity contribution is 0.590. The molecule has 2 heteroatoms. The van der Waals surface area contributed by atoms with Crippen LogP contribution in [0.5, 0.6) is 0 Å². The molecule has 0 aromatic heterocycles. The third kappa shape index (κ3) is 1.90. The average molecular weight is 214 g/mol. The summed E-state index contributed by atoms with van der Waals surface area (Å²) < 4.78 is 0. The van der Waals surface area contributed by atoms with E-state index in [0.717, 1.165) is 6.54 Å². The van der Waals surface area contributed by atoms with E-state index in [1.54, 1.807) is 0 Å². The third-order valence-corrected chi connectivity index (χ3v) is 3.24. The summed E-state index contributed by atoms with van der Waals surface area (Å²) in [5.74, 6) is 0.369. The second-order valence-corrected chi connectivity index (χ2v) is 5.49. The van der Waals surface area contributed by atoms with Crippen LogP contribution in [0.1, 0.15) is 44.2 Å². The Labute approximate surface area is 97.3 Å². The van der Waals surface area contributed by atoms with E-state index in [1.165, 1.54) is 16.8 Å². The number of rotatable bonds is 1. The van der Waals surface area contributed by atoms with Crippen LogP contribution >= 0.6 is 0 Å². The number of anilines is 1. The molecule has 1 aromatic rings. The van der Waals surface area contributed by atoms with Crippen molar-refractivity contribution in [2.75, 3.05) is 11.9 Å². The van der Waals surface area contributed by atoms with Gasteiger partial charge in [-0.05, 0) is 22.6 Å². The second kappa shape index (κ2) is 3.83. The molecule has 84 valence electrons. The van der Waals surface area contributed by atoms with Crippen LogP contribution in [0.2, 0.25) is 0 Å². The van der Waals surface area contributed by atoms with Crippen molar-refractivity contribution in [1.82, 2.24) is 0 Å². The molecule has 0 radical (unpaired) electrons. The molecule has 0 amide bonds. The molecule has 1 heterocycles. The van der Waals surface area contributed by atoms with Crippen LogP contribution in [0.25, 0.3) is 0 Å². The van der Waals surface area contributed by atoms with Gasteiger partial charge in [0.05, 0.1) is 6.07 Å². The number of nitrogens with zero attached hydrogens (tertiary/aromatic N) is 1. The molecule has 0 fully saturated rings. The van der Waals surface area contributed by atoms with E-state index in [0.29, 0.717) is 12.3 Å². The zero-order valence-corrected chi connectivity index (χ0v) is 10.2. The topological polar surface area (TPSA) is 35.8 Å². The van der Waals surface area contributed by atoms with Crippen LogP contribution in [0.3, 0.4) is 0 Å². The molecule has 0 aliphatic carbocycles. The van der Waals surface area contributed by atoms with Gasteiger partial charge in [-0.2, -0.15) is 5.26 Å². The molecular formula is C14H18N2. The maximum Gasteiger partial charge on any atom is 0.0628 e. The number of hydrogen-bond acceptors (Lipinski definition) is 2. The normalized spacial score (nSPS) is 18.8. The van der Waals surface area contributed by atoms with Gasteiger partial charge < -0.3 is 5.32 Å². The van der Waals surface area contributed by atoms with Crippen molar-refractivity contribution in [2.24, 2.45) is 0 Å². The third-order valence-electron chi connectivity index (χ3n) is 3.24. The van der Waals surface area contributed by atoms with Gasteiger partial charge in [-0.25, -0.2) is 0 Å². The minimum atomic E-state index is 0.185. The first kappa shape index (κ1) is 11.0. The fourth-order valence-corrected chi connectivity index (χ4v) is 2.17. The summed E-state index contributed by atoms with van der Waals surface area (Å²) in [7, 11) is 0. The quantitative estimate of drug-likeness (QED) is 0.777. The van der Waals surface area contributed by atoms with Crippen molar-refractivity contribution in [3.05, 3.63) is 29.3 Å². The lowest BCUT2D eigenvalue weighted by Crippen LogP contribution is -2.11. The van der Waals surface area contributed by atoms with Gasteiger partial charge in [0.2, 0.25) is 0 Å². The summed E-state index contributed by atoms with van der Waals surface area (Å²) in [6, 6.07) is 8.85. The molecule has 1 atom stereocenters. The van der Waals surface area contributed by atoms with Gasteiger partial charge in [0.15, 0.2) is 0 Å². The molecule has 1 unspecified atom stereocenters. The number of fused-ring (bicyclic) bond motifs is 1. The van der Waals surface area contributed by atoms with Crippen molar-refractivity contribution < 1.29 is 0 Å². The number of benzene rings is 1. The van der Waals surface area contributed by atoms with Gasteiger partial charge >= 0.3 is 0 Å². The summed E-state index contributed by atoms with van der Waals surface area (Å²) in [5, 5.41) is 12.2. The van der Waals surface area contributed by atoms with Crippen LogP contribution in [0.15, 0.2) is 18.2 Å². The minimum Gasteiger partial charge on any atom is -0.384 e. The lowest BCUT2D eigenvalue weighted by Gasteiger charge is -2.20. The average Bonchev–Trinajstić information content (AvgIpc) is 2.60. The van der Waals surface area contributed by atoms with Crippen molar-refractivity contribution >= 4 is 5.69 Å². The van der Waals surface area contributed by atoms with Gasteiger partial charge in [-0.3, -0.25) is 0 Å². The van der Waals surface area contributed by atoms with Crippen molar-refractivity contribution in [1.29, 1.82) is 5.26 Å². The highest BCUT2D eigenvalue weighted by molar-refractivity contribution is 5.60. The number of nitrogens with one attached hydrogen (secondary N) is 1. The van der Waals surface area contributed by atoms with E-state index in [4.69, 9.17) is 5.26 Å². The van der Waals surface area contributed by atoms with E-state index in [1.807, 2.05) is 0 Å². The summed E-state index contributed by atoms with van der Waals surface area (Å²) in [5.41, 5.74) is 4.04. The Hall–Kier alpha value is -1.49. The van der Waals surface area contributed by atoms with Crippen molar-refractivity contribution in [3.63, 3.8) is 0 Å². The molecule has 0 saturated heterocycles. The number of nitriles is 1. The molecule has 0 saturated carbocycles. The Morgan fingerprint density at radius 2 is 2.19 bits per heavy atom. The molecule has 16 heavy (non-hydrogen) atoms. The molecular weight excluding hydrogens is 196 g/mol. The van der Waals surface area contributed by atoms with Crippen LogP contribution in [0, 0.1) is 11.3 Å². The molecule has 0 spiro atoms. The monoisotopic (exact) mass is 214 g/mol. The maximum absolute atomic E-state index is 8.76. The Kier molecular flexibility index (Phi) is 2.63. The highest BCUT2D eigenvalue weighted by Crippen LogP contribution is 2.36. The van der Waals surface area contributed by atoms with Gasteiger partial charge in [-0.15, -0.1) is 0 Å². The predicted molar refractivity (Wildman–Crippen MR) is 66.6 cm³/mol. The molecule has 0 bridgehead atoms. The molecule has 2 rings (SSSR count). The summed E-state index contributed by atoms with van der Waals surface area (Å²) in [4.78, 5) is 0. The summed E-state index contributed by atoms with van der Waals surface area (Å²) >= 11 is 0. The molecule has 1 aliphatic heterocycles. The maximum atomic E-state index is 8.76. The molecule has 1 aromatic carbocycles. The Morgan fingerprint density at radius 1 is 1.44 bits per heavy atom. The molecule has 1 N–H and O–H groups in total. The molecule has 2 nitrogen and oxygen atoms in total. The summed E-state index contributed by atoms with van der Waals surface area (Å²) in [6.45, 7) is 7.56. The van der Waals surface area contributed by atoms with Crippen LogP contribution < -0.4 is 5.32 Å². The standard InChI is InChI=1S/C14H18N2/c1-14(2,3)11-4-5-12-10(6-7-15)9-16-13(12)8-11/h4-5,8,10,16H,6,9H2,1-3H3. The van der Waals surface area contributed by atoms with E-state index in [-0.39, 0.29) is 5.41 Å². The smallest absolute Gasteiger partial charge is 0.0628 e. The van der Waals surface area contributed by atoms with Gasteiger partial charge in [0.1, 0.15) is 0 Å². The van der Waals surface area contributed by atoms with E-state index >= 15 is 0 Å². The fourth-order valence-electron chi connectivity index (χ4n) is 2.17. The molecule has 1 aliphatic rings. The first-order valence-electron chi connectivity index (χ1n) is 5.77. The van der Waals surface area contributed by atoms with E-state index < -0.39 is 0 Å². The van der Waals surface area contributed by atoms with Gasteiger partial charge in [0, 0.05) is 24.6 Å². The number of hydrogen-bond donors (Lipinski definition) is 1. The SMILES string of the molecule is CC(C)(C)c1ccc2c(c1)NCC2CC#N. The predicted octanol–water partition coefficient (Wildman–Crippen LogP) is 3.41. The largest absolute Gasteiger partial charge is 0.384 e. The van der Waals surface area contributed by atoms with Crippen molar-refractivity contribution in [3.8, 4) is 6.07 Å². The van der Waals surface area contributed by atoms with E-state index in [2.05, 4.69) is 50.4 Å².